The first-order valence-electron chi connectivity index (χ1n) is 9.42. The number of hydrogen-bond acceptors (Lipinski definition) is 4. The first-order chi connectivity index (χ1) is 13.5. The smallest absolute Gasteiger partial charge is 0.337 e. The van der Waals surface area contributed by atoms with Gasteiger partial charge in [-0.3, -0.25) is 14.5 Å². The van der Waals surface area contributed by atoms with Gasteiger partial charge < -0.3 is 9.64 Å². The molecule has 6 heteroatoms. The average molecular weight is 378 g/mol. The van der Waals surface area contributed by atoms with Crippen molar-refractivity contribution >= 4 is 29.2 Å². The summed E-state index contributed by atoms with van der Waals surface area (Å²) >= 11 is 0. The second-order valence-corrected chi connectivity index (χ2v) is 7.26. The maximum Gasteiger partial charge on any atom is 0.337 e. The number of methoxy groups -OCH3 is 1. The quantitative estimate of drug-likeness (QED) is 0.767. The number of rotatable bonds is 4. The molecule has 1 fully saturated rings. The molecule has 4 rings (SSSR count). The van der Waals surface area contributed by atoms with Crippen LogP contribution in [0.25, 0.3) is 0 Å². The molecule has 2 aromatic rings. The minimum atomic E-state index is -0.544. The van der Waals surface area contributed by atoms with Gasteiger partial charge in [0.05, 0.1) is 30.6 Å². The average Bonchev–Trinajstić information content (AvgIpc) is 3.56. The highest BCUT2D eigenvalue weighted by molar-refractivity contribution is 6.13. The van der Waals surface area contributed by atoms with Crippen molar-refractivity contribution in [1.29, 1.82) is 0 Å². The van der Waals surface area contributed by atoms with E-state index in [9.17, 15) is 14.4 Å². The van der Waals surface area contributed by atoms with Gasteiger partial charge in [-0.1, -0.05) is 24.3 Å². The number of ether oxygens (including phenoxy) is 1. The molecule has 6 nitrogen and oxygen atoms in total. The Balaban J connectivity index is 1.65. The highest BCUT2D eigenvalue weighted by Crippen LogP contribution is 2.41. The Labute approximate surface area is 163 Å². The number of fused-ring (bicyclic) bond motifs is 1. The summed E-state index contributed by atoms with van der Waals surface area (Å²) < 4.78 is 4.72. The standard InChI is InChI=1S/C22H22N2O4/c1-14-20(25)23(13-15-7-9-17(10-8-15)22(27)28-2)18-5-3-4-6-19(18)24(14)21(26)16-11-12-16/h3-10,14,16H,11-13H2,1-2H3/t14-/m0/s1. The topological polar surface area (TPSA) is 66.9 Å². The van der Waals surface area contributed by atoms with Crippen LogP contribution < -0.4 is 9.80 Å². The maximum atomic E-state index is 13.1. The van der Waals surface area contributed by atoms with Crippen molar-refractivity contribution in [3.8, 4) is 0 Å². The molecule has 0 unspecified atom stereocenters. The third-order valence-electron chi connectivity index (χ3n) is 5.32. The minimum absolute atomic E-state index is 0.0374. The number of anilines is 2. The lowest BCUT2D eigenvalue weighted by molar-refractivity contribution is -0.125. The summed E-state index contributed by atoms with van der Waals surface area (Å²) in [5.74, 6) is -0.422. The maximum absolute atomic E-state index is 13.1. The van der Waals surface area contributed by atoms with Gasteiger partial charge in [-0.25, -0.2) is 4.79 Å². The Bertz CT molecular complexity index is 934. The summed E-state index contributed by atoms with van der Waals surface area (Å²) in [4.78, 5) is 40.9. The Morgan fingerprint density at radius 1 is 1.04 bits per heavy atom. The van der Waals surface area contributed by atoms with Gasteiger partial charge in [0.2, 0.25) is 11.8 Å². The highest BCUT2D eigenvalue weighted by Gasteiger charge is 2.43. The van der Waals surface area contributed by atoms with Crippen LogP contribution >= 0.6 is 0 Å². The van der Waals surface area contributed by atoms with Gasteiger partial charge in [0, 0.05) is 5.92 Å². The number of carbonyl (C=O) groups is 3. The molecule has 0 aromatic heterocycles. The molecule has 0 radical (unpaired) electrons. The van der Waals surface area contributed by atoms with Crippen LogP contribution in [0.5, 0.6) is 0 Å². The second kappa shape index (κ2) is 7.11. The molecule has 0 saturated heterocycles. The molecule has 28 heavy (non-hydrogen) atoms. The number of amides is 2. The molecule has 0 spiro atoms. The summed E-state index contributed by atoms with van der Waals surface area (Å²) in [6.45, 7) is 2.15. The van der Waals surface area contributed by atoms with Crippen molar-refractivity contribution in [3.05, 3.63) is 59.7 Å². The Kier molecular flexibility index (Phi) is 4.63. The van der Waals surface area contributed by atoms with E-state index in [1.165, 1.54) is 7.11 Å². The van der Waals surface area contributed by atoms with E-state index in [2.05, 4.69) is 0 Å². The molecule has 0 N–H and O–H groups in total. The van der Waals surface area contributed by atoms with Crippen LogP contribution in [0.1, 0.15) is 35.7 Å². The molecule has 2 aromatic carbocycles. The molecule has 1 atom stereocenters. The Morgan fingerprint density at radius 3 is 2.29 bits per heavy atom. The Hall–Kier alpha value is -3.15. The SMILES string of the molecule is COC(=O)c1ccc(CN2C(=O)[C@H](C)N(C(=O)C3CC3)c3ccccc32)cc1. The number of hydrogen-bond donors (Lipinski definition) is 0. The number of benzene rings is 2. The summed E-state index contributed by atoms with van der Waals surface area (Å²) in [7, 11) is 1.34. The van der Waals surface area contributed by atoms with Crippen molar-refractivity contribution in [2.24, 2.45) is 5.92 Å². The van der Waals surface area contributed by atoms with E-state index in [0.29, 0.717) is 12.1 Å². The molecule has 2 amide bonds. The molecule has 0 bridgehead atoms. The fourth-order valence-electron chi connectivity index (χ4n) is 3.61. The lowest BCUT2D eigenvalue weighted by atomic mass is 10.0. The Morgan fingerprint density at radius 2 is 1.68 bits per heavy atom. The molecule has 1 aliphatic carbocycles. The largest absolute Gasteiger partial charge is 0.465 e. The molecule has 1 heterocycles. The van der Waals surface area contributed by atoms with Crippen molar-refractivity contribution < 1.29 is 19.1 Å². The van der Waals surface area contributed by atoms with Crippen molar-refractivity contribution in [2.75, 3.05) is 16.9 Å². The molecule has 2 aliphatic rings. The fraction of sp³-hybridized carbons (Fsp3) is 0.318. The monoisotopic (exact) mass is 378 g/mol. The van der Waals surface area contributed by atoms with E-state index < -0.39 is 12.0 Å². The van der Waals surface area contributed by atoms with Crippen molar-refractivity contribution in [1.82, 2.24) is 0 Å². The first-order valence-corrected chi connectivity index (χ1v) is 9.42. The zero-order valence-electron chi connectivity index (χ0n) is 15.9. The summed E-state index contributed by atoms with van der Waals surface area (Å²) in [5.41, 5.74) is 2.87. The second-order valence-electron chi connectivity index (χ2n) is 7.26. The van der Waals surface area contributed by atoms with Gasteiger partial charge in [0.15, 0.2) is 0 Å². The van der Waals surface area contributed by atoms with E-state index in [0.717, 1.165) is 29.8 Å². The van der Waals surface area contributed by atoms with Crippen molar-refractivity contribution in [3.63, 3.8) is 0 Å². The fourth-order valence-corrected chi connectivity index (χ4v) is 3.61. The van der Waals surface area contributed by atoms with Crippen LogP contribution in [0.15, 0.2) is 48.5 Å². The lowest BCUT2D eigenvalue weighted by Gasteiger charge is -2.40. The van der Waals surface area contributed by atoms with E-state index >= 15 is 0 Å². The molecule has 1 saturated carbocycles. The number of carbonyl (C=O) groups excluding carboxylic acids is 3. The van der Waals surface area contributed by atoms with E-state index in [1.54, 1.807) is 28.9 Å². The van der Waals surface area contributed by atoms with Crippen LogP contribution in [-0.4, -0.2) is 30.9 Å². The predicted molar refractivity (Wildman–Crippen MR) is 105 cm³/mol. The van der Waals surface area contributed by atoms with Gasteiger partial charge in [0.1, 0.15) is 6.04 Å². The molecule has 1 aliphatic heterocycles. The first kappa shape index (κ1) is 18.2. The van der Waals surface area contributed by atoms with Crippen LogP contribution in [-0.2, 0) is 20.9 Å². The van der Waals surface area contributed by atoms with Gasteiger partial charge >= 0.3 is 5.97 Å². The molecular formula is C22H22N2O4. The number of nitrogens with zero attached hydrogens (tertiary/aromatic N) is 2. The number of para-hydroxylation sites is 2. The van der Waals surface area contributed by atoms with Crippen LogP contribution in [0, 0.1) is 5.92 Å². The van der Waals surface area contributed by atoms with Gasteiger partial charge in [-0.05, 0) is 49.6 Å². The summed E-state index contributed by atoms with van der Waals surface area (Å²) in [6.07, 6.45) is 1.79. The summed E-state index contributed by atoms with van der Waals surface area (Å²) in [5, 5.41) is 0. The highest BCUT2D eigenvalue weighted by atomic mass is 16.5. The zero-order chi connectivity index (χ0) is 19.8. The predicted octanol–water partition coefficient (Wildman–Crippen LogP) is 3.15. The van der Waals surface area contributed by atoms with Gasteiger partial charge in [-0.15, -0.1) is 0 Å². The van der Waals surface area contributed by atoms with E-state index in [1.807, 2.05) is 36.4 Å². The molecular weight excluding hydrogens is 356 g/mol. The van der Waals surface area contributed by atoms with E-state index in [-0.39, 0.29) is 17.7 Å². The zero-order valence-corrected chi connectivity index (χ0v) is 15.9. The van der Waals surface area contributed by atoms with Gasteiger partial charge in [-0.2, -0.15) is 0 Å². The van der Waals surface area contributed by atoms with E-state index in [4.69, 9.17) is 4.74 Å². The van der Waals surface area contributed by atoms with Gasteiger partial charge in [0.25, 0.3) is 0 Å². The minimum Gasteiger partial charge on any atom is -0.465 e. The normalized spacial score (nSPS) is 18.6. The van der Waals surface area contributed by atoms with Crippen LogP contribution in [0.4, 0.5) is 11.4 Å². The number of esters is 1. The third-order valence-corrected chi connectivity index (χ3v) is 5.32. The molecule has 144 valence electrons. The summed E-state index contributed by atoms with van der Waals surface area (Å²) in [6, 6.07) is 14.0. The van der Waals surface area contributed by atoms with Crippen LogP contribution in [0.3, 0.4) is 0 Å². The van der Waals surface area contributed by atoms with Crippen molar-refractivity contribution in [2.45, 2.75) is 32.4 Å². The van der Waals surface area contributed by atoms with Crippen LogP contribution in [0.2, 0.25) is 0 Å². The third kappa shape index (κ3) is 3.15. The lowest BCUT2D eigenvalue weighted by Crippen LogP contribution is -2.54.